The summed E-state index contributed by atoms with van der Waals surface area (Å²) in [5.41, 5.74) is 3.25. The zero-order chi connectivity index (χ0) is 15.4. The summed E-state index contributed by atoms with van der Waals surface area (Å²) in [6.45, 7) is 3.70. The van der Waals surface area contributed by atoms with Crippen LogP contribution in [0.15, 0.2) is 35.9 Å². The van der Waals surface area contributed by atoms with Crippen molar-refractivity contribution < 1.29 is 9.90 Å². The third kappa shape index (κ3) is 3.51. The molecule has 5 heteroatoms. The lowest BCUT2D eigenvalue weighted by atomic mass is 10.1. The van der Waals surface area contributed by atoms with Crippen molar-refractivity contribution in [2.45, 2.75) is 13.8 Å². The Morgan fingerprint density at radius 3 is 2.52 bits per heavy atom. The molecule has 2 heterocycles. The molecule has 5 nitrogen and oxygen atoms in total. The summed E-state index contributed by atoms with van der Waals surface area (Å²) in [5.74, 6) is -1.25. The first-order valence-corrected chi connectivity index (χ1v) is 6.27. The number of nitriles is 1. The van der Waals surface area contributed by atoms with E-state index in [-0.39, 0.29) is 5.57 Å². The van der Waals surface area contributed by atoms with Gasteiger partial charge in [0.25, 0.3) is 0 Å². The van der Waals surface area contributed by atoms with E-state index >= 15 is 0 Å². The van der Waals surface area contributed by atoms with Crippen LogP contribution in [0.25, 0.3) is 17.5 Å². The molecule has 0 saturated heterocycles. The van der Waals surface area contributed by atoms with Crippen LogP contribution in [0.1, 0.15) is 17.0 Å². The molecule has 0 amide bonds. The quantitative estimate of drug-likeness (QED) is 0.689. The molecule has 21 heavy (non-hydrogen) atoms. The number of rotatable bonds is 3. The summed E-state index contributed by atoms with van der Waals surface area (Å²) in [5, 5.41) is 17.7. The van der Waals surface area contributed by atoms with Gasteiger partial charge in [0.05, 0.1) is 11.4 Å². The molecule has 2 rings (SSSR count). The molecule has 1 N–H and O–H groups in total. The molecule has 0 aromatic carbocycles. The highest BCUT2D eigenvalue weighted by molar-refractivity contribution is 5.96. The first-order chi connectivity index (χ1) is 9.99. The number of hydrogen-bond acceptors (Lipinski definition) is 4. The van der Waals surface area contributed by atoms with Crippen molar-refractivity contribution in [2.75, 3.05) is 0 Å². The lowest BCUT2D eigenvalue weighted by Crippen LogP contribution is -1.98. The molecule has 104 valence electrons. The average molecular weight is 279 g/mol. The van der Waals surface area contributed by atoms with E-state index in [4.69, 9.17) is 10.4 Å². The zero-order valence-electron chi connectivity index (χ0n) is 11.7. The van der Waals surface area contributed by atoms with Crippen molar-refractivity contribution in [1.29, 1.82) is 5.26 Å². The minimum Gasteiger partial charge on any atom is -0.477 e. The Morgan fingerprint density at radius 2 is 1.90 bits per heavy atom. The predicted molar refractivity (Wildman–Crippen MR) is 78.2 cm³/mol. The van der Waals surface area contributed by atoms with Crippen LogP contribution in [-0.4, -0.2) is 21.0 Å². The molecule has 0 atom stereocenters. The van der Waals surface area contributed by atoms with E-state index in [0.29, 0.717) is 17.0 Å². The summed E-state index contributed by atoms with van der Waals surface area (Å²) < 4.78 is 0. The third-order valence-corrected chi connectivity index (χ3v) is 2.79. The van der Waals surface area contributed by atoms with E-state index in [1.165, 1.54) is 6.08 Å². The number of carbonyl (C=O) groups is 1. The van der Waals surface area contributed by atoms with E-state index in [0.717, 1.165) is 11.4 Å². The molecular weight excluding hydrogens is 266 g/mol. The topological polar surface area (TPSA) is 86.9 Å². The molecule has 0 radical (unpaired) electrons. The van der Waals surface area contributed by atoms with Gasteiger partial charge in [-0.3, -0.25) is 9.97 Å². The van der Waals surface area contributed by atoms with E-state index in [2.05, 4.69) is 9.97 Å². The van der Waals surface area contributed by atoms with E-state index in [1.54, 1.807) is 18.2 Å². The molecule has 0 unspecified atom stereocenters. The molecule has 2 aromatic rings. The number of hydrogen-bond donors (Lipinski definition) is 1. The molecule has 0 fully saturated rings. The molecule has 2 aromatic heterocycles. The van der Waals surface area contributed by atoms with E-state index in [1.807, 2.05) is 32.0 Å². The second kappa shape index (κ2) is 5.97. The molecule has 0 saturated carbocycles. The van der Waals surface area contributed by atoms with Crippen molar-refractivity contribution in [3.05, 3.63) is 52.9 Å². The number of carboxylic acids is 1. The van der Waals surface area contributed by atoms with Crippen LogP contribution in [0.5, 0.6) is 0 Å². The Kier molecular flexibility index (Phi) is 4.10. The first-order valence-electron chi connectivity index (χ1n) is 6.27. The lowest BCUT2D eigenvalue weighted by molar-refractivity contribution is -0.132. The van der Waals surface area contributed by atoms with Gasteiger partial charge in [-0.05, 0) is 49.8 Å². The molecule has 0 aliphatic heterocycles. The highest BCUT2D eigenvalue weighted by Crippen LogP contribution is 2.19. The summed E-state index contributed by atoms with van der Waals surface area (Å²) in [6, 6.07) is 10.7. The van der Waals surface area contributed by atoms with Crippen molar-refractivity contribution >= 4 is 12.0 Å². The predicted octanol–water partition coefficient (Wildman–Crippen LogP) is 2.75. The monoisotopic (exact) mass is 279 g/mol. The van der Waals surface area contributed by atoms with Crippen LogP contribution in [0.2, 0.25) is 0 Å². The van der Waals surface area contributed by atoms with Gasteiger partial charge in [0, 0.05) is 11.4 Å². The number of carboxylic acid groups (broad SMARTS) is 1. The molecule has 0 aliphatic rings. The largest absolute Gasteiger partial charge is 0.477 e. The van der Waals surface area contributed by atoms with Gasteiger partial charge in [-0.2, -0.15) is 5.26 Å². The number of aromatic nitrogens is 2. The van der Waals surface area contributed by atoms with Crippen LogP contribution >= 0.6 is 0 Å². The maximum Gasteiger partial charge on any atom is 0.346 e. The Balaban J connectivity index is 2.53. The van der Waals surface area contributed by atoms with Crippen molar-refractivity contribution in [2.24, 2.45) is 0 Å². The normalized spacial score (nSPS) is 11.0. The number of pyridine rings is 2. The third-order valence-electron chi connectivity index (χ3n) is 2.79. The minimum absolute atomic E-state index is 0.316. The highest BCUT2D eigenvalue weighted by Gasteiger charge is 2.08. The van der Waals surface area contributed by atoms with Gasteiger partial charge in [0.2, 0.25) is 0 Å². The standard InChI is InChI=1S/C16H13N3O2/c1-10-4-3-5-14(18-10)15-8-12(6-11(2)19-15)7-13(9-17)16(20)21/h3-8H,1-2H3,(H,20,21)/b13-7-. The maximum atomic E-state index is 10.9. The molecule has 0 spiro atoms. The Bertz CT molecular complexity index is 773. The summed E-state index contributed by atoms with van der Waals surface area (Å²) >= 11 is 0. The summed E-state index contributed by atoms with van der Waals surface area (Å²) in [7, 11) is 0. The van der Waals surface area contributed by atoms with Crippen molar-refractivity contribution in [3.8, 4) is 17.5 Å². The number of aryl methyl sites for hydroxylation is 2. The molecule has 0 bridgehead atoms. The second-order valence-corrected chi connectivity index (χ2v) is 4.57. The lowest BCUT2D eigenvalue weighted by Gasteiger charge is -2.05. The zero-order valence-corrected chi connectivity index (χ0v) is 11.7. The first kappa shape index (κ1) is 14.4. The Hall–Kier alpha value is -3.00. The van der Waals surface area contributed by atoms with Crippen LogP contribution in [0, 0.1) is 25.2 Å². The van der Waals surface area contributed by atoms with E-state index < -0.39 is 5.97 Å². The minimum atomic E-state index is -1.25. The summed E-state index contributed by atoms with van der Waals surface area (Å²) in [6.07, 6.45) is 1.33. The molecular formula is C16H13N3O2. The van der Waals surface area contributed by atoms with Gasteiger partial charge in [-0.15, -0.1) is 0 Å². The van der Waals surface area contributed by atoms with Crippen LogP contribution in [0.3, 0.4) is 0 Å². The van der Waals surface area contributed by atoms with Gasteiger partial charge < -0.3 is 5.11 Å². The summed E-state index contributed by atoms with van der Waals surface area (Å²) in [4.78, 5) is 19.7. The smallest absolute Gasteiger partial charge is 0.346 e. The SMILES string of the molecule is Cc1cccc(-c2cc(/C=C(/C#N)C(=O)O)cc(C)n2)n1. The number of aliphatic carboxylic acids is 1. The van der Waals surface area contributed by atoms with Gasteiger partial charge in [-0.1, -0.05) is 6.07 Å². The maximum absolute atomic E-state index is 10.9. The van der Waals surface area contributed by atoms with Gasteiger partial charge in [-0.25, -0.2) is 4.79 Å². The fraction of sp³-hybridized carbons (Fsp3) is 0.125. The van der Waals surface area contributed by atoms with Gasteiger partial charge in [0.15, 0.2) is 0 Å². The van der Waals surface area contributed by atoms with Crippen molar-refractivity contribution in [3.63, 3.8) is 0 Å². The fourth-order valence-electron chi connectivity index (χ4n) is 1.90. The second-order valence-electron chi connectivity index (χ2n) is 4.57. The molecule has 0 aliphatic carbocycles. The Labute approximate surface area is 122 Å². The fourth-order valence-corrected chi connectivity index (χ4v) is 1.90. The van der Waals surface area contributed by atoms with Crippen LogP contribution in [-0.2, 0) is 4.79 Å². The average Bonchev–Trinajstić information content (AvgIpc) is 2.44. The van der Waals surface area contributed by atoms with Gasteiger partial charge in [0.1, 0.15) is 11.6 Å². The highest BCUT2D eigenvalue weighted by atomic mass is 16.4. The van der Waals surface area contributed by atoms with E-state index in [9.17, 15) is 4.79 Å². The Morgan fingerprint density at radius 1 is 1.19 bits per heavy atom. The van der Waals surface area contributed by atoms with Crippen LogP contribution in [0.4, 0.5) is 0 Å². The number of nitrogens with zero attached hydrogens (tertiary/aromatic N) is 3. The van der Waals surface area contributed by atoms with Crippen LogP contribution < -0.4 is 0 Å². The van der Waals surface area contributed by atoms with Crippen molar-refractivity contribution in [1.82, 2.24) is 9.97 Å². The van der Waals surface area contributed by atoms with Gasteiger partial charge >= 0.3 is 5.97 Å².